The van der Waals surface area contributed by atoms with E-state index >= 15 is 0 Å². The second kappa shape index (κ2) is 8.53. The van der Waals surface area contributed by atoms with E-state index in [1.165, 1.54) is 10.4 Å². The molecule has 0 radical (unpaired) electrons. The van der Waals surface area contributed by atoms with Crippen LogP contribution in [0.1, 0.15) is 24.0 Å². The summed E-state index contributed by atoms with van der Waals surface area (Å²) in [6.07, 6.45) is 1.78. The number of carbonyl (C=O) groups excluding carboxylic acids is 1. The van der Waals surface area contributed by atoms with Gasteiger partial charge in [-0.25, -0.2) is 8.42 Å². The van der Waals surface area contributed by atoms with Crippen LogP contribution in [0, 0.1) is 6.92 Å². The molecule has 0 saturated carbocycles. The van der Waals surface area contributed by atoms with E-state index in [0.29, 0.717) is 42.4 Å². The molecular weight excluding hydrogens is 408 g/mol. The zero-order chi connectivity index (χ0) is 21.1. The molecule has 8 nitrogen and oxygen atoms in total. The number of amides is 1. The summed E-state index contributed by atoms with van der Waals surface area (Å²) >= 11 is 0. The third-order valence-corrected chi connectivity index (χ3v) is 7.03. The van der Waals surface area contributed by atoms with Gasteiger partial charge in [-0.1, -0.05) is 6.07 Å². The first-order chi connectivity index (χ1) is 14.4. The molecular formula is C21H24N2O6S. The van der Waals surface area contributed by atoms with E-state index in [9.17, 15) is 13.2 Å². The molecule has 9 heteroatoms. The summed E-state index contributed by atoms with van der Waals surface area (Å²) < 4.78 is 43.0. The van der Waals surface area contributed by atoms with Crippen molar-refractivity contribution in [2.75, 3.05) is 26.5 Å². The second-order valence-electron chi connectivity index (χ2n) is 7.29. The fourth-order valence-electron chi connectivity index (χ4n) is 3.47. The van der Waals surface area contributed by atoms with Crippen molar-refractivity contribution in [3.8, 4) is 17.2 Å². The van der Waals surface area contributed by atoms with Crippen LogP contribution in [0.2, 0.25) is 0 Å². The summed E-state index contributed by atoms with van der Waals surface area (Å²) in [5, 5.41) is 2.79. The van der Waals surface area contributed by atoms with Gasteiger partial charge in [-0.3, -0.25) is 4.79 Å². The average molecular weight is 432 g/mol. The van der Waals surface area contributed by atoms with Crippen LogP contribution < -0.4 is 19.5 Å². The molecule has 30 heavy (non-hydrogen) atoms. The summed E-state index contributed by atoms with van der Waals surface area (Å²) in [6, 6.07) is 10.2. The molecule has 1 saturated heterocycles. The highest BCUT2D eigenvalue weighted by Gasteiger charge is 2.27. The molecule has 4 rings (SSSR count). The average Bonchev–Trinajstić information content (AvgIpc) is 3.43. The van der Waals surface area contributed by atoms with Gasteiger partial charge in [0.1, 0.15) is 5.75 Å². The highest BCUT2D eigenvalue weighted by molar-refractivity contribution is 7.89. The number of carbonyl (C=O) groups is 1. The quantitative estimate of drug-likeness (QED) is 0.721. The van der Waals surface area contributed by atoms with E-state index in [2.05, 4.69) is 5.32 Å². The van der Waals surface area contributed by atoms with Gasteiger partial charge in [-0.15, -0.1) is 0 Å². The van der Waals surface area contributed by atoms with Crippen LogP contribution in [0.4, 0.5) is 0 Å². The number of nitrogens with zero attached hydrogens (tertiary/aromatic N) is 1. The van der Waals surface area contributed by atoms with Crippen molar-refractivity contribution in [1.29, 1.82) is 0 Å². The maximum absolute atomic E-state index is 12.7. The molecule has 1 amide bonds. The van der Waals surface area contributed by atoms with Crippen molar-refractivity contribution in [3.05, 3.63) is 47.5 Å². The summed E-state index contributed by atoms with van der Waals surface area (Å²) in [7, 11) is -3.47. The largest absolute Gasteiger partial charge is 0.484 e. The number of nitrogens with one attached hydrogen (secondary N) is 1. The van der Waals surface area contributed by atoms with Crippen LogP contribution >= 0.6 is 0 Å². The van der Waals surface area contributed by atoms with Crippen molar-refractivity contribution in [2.24, 2.45) is 0 Å². The Balaban J connectivity index is 1.31. The summed E-state index contributed by atoms with van der Waals surface area (Å²) in [6.45, 7) is 3.26. The van der Waals surface area contributed by atoms with Gasteiger partial charge in [-0.05, 0) is 61.2 Å². The Labute approximate surface area is 175 Å². The lowest BCUT2D eigenvalue weighted by Crippen LogP contribution is -2.29. The molecule has 0 atom stereocenters. The molecule has 2 heterocycles. The number of hydrogen-bond donors (Lipinski definition) is 1. The second-order valence-corrected chi connectivity index (χ2v) is 9.23. The highest BCUT2D eigenvalue weighted by Crippen LogP contribution is 2.32. The van der Waals surface area contributed by atoms with Gasteiger partial charge in [0, 0.05) is 19.6 Å². The number of aryl methyl sites for hydroxylation is 1. The Kier molecular flexibility index (Phi) is 5.83. The van der Waals surface area contributed by atoms with Crippen LogP contribution in [0.3, 0.4) is 0 Å². The third-order valence-electron chi connectivity index (χ3n) is 5.13. The van der Waals surface area contributed by atoms with E-state index in [1.807, 2.05) is 12.1 Å². The van der Waals surface area contributed by atoms with Gasteiger partial charge in [0.25, 0.3) is 5.91 Å². The first-order valence-corrected chi connectivity index (χ1v) is 11.3. The lowest BCUT2D eigenvalue weighted by Gasteiger charge is -2.17. The van der Waals surface area contributed by atoms with Crippen LogP contribution in [0.25, 0.3) is 0 Å². The highest BCUT2D eigenvalue weighted by atomic mass is 32.2. The van der Waals surface area contributed by atoms with E-state index in [1.54, 1.807) is 25.1 Å². The fraction of sp³-hybridized carbons (Fsp3) is 0.381. The standard InChI is InChI=1S/C21H24N2O6S/c1-15-10-17(30(25,26)23-8-2-3-9-23)5-7-18(15)27-13-21(24)22-12-16-4-6-19-20(11-16)29-14-28-19/h4-7,10-11H,2-3,8-9,12-14H2,1H3,(H,22,24). The van der Waals surface area contributed by atoms with Crippen molar-refractivity contribution in [3.63, 3.8) is 0 Å². The fourth-order valence-corrected chi connectivity index (χ4v) is 5.07. The van der Waals surface area contributed by atoms with Crippen LogP contribution in [0.15, 0.2) is 41.3 Å². The van der Waals surface area contributed by atoms with Crippen LogP contribution in [-0.2, 0) is 21.4 Å². The number of rotatable bonds is 7. The smallest absolute Gasteiger partial charge is 0.258 e. The van der Waals surface area contributed by atoms with Crippen molar-refractivity contribution >= 4 is 15.9 Å². The van der Waals surface area contributed by atoms with Crippen LogP contribution in [-0.4, -0.2) is 45.1 Å². The Bertz CT molecular complexity index is 1050. The zero-order valence-electron chi connectivity index (χ0n) is 16.7. The molecule has 0 aliphatic carbocycles. The lowest BCUT2D eigenvalue weighted by molar-refractivity contribution is -0.123. The minimum Gasteiger partial charge on any atom is -0.484 e. The zero-order valence-corrected chi connectivity index (χ0v) is 17.5. The normalized spacial score (nSPS) is 15.9. The van der Waals surface area contributed by atoms with E-state index in [0.717, 1.165) is 18.4 Å². The molecule has 0 unspecified atom stereocenters. The molecule has 2 aromatic carbocycles. The first kappa shape index (κ1) is 20.5. The number of sulfonamides is 1. The Morgan fingerprint density at radius 3 is 2.63 bits per heavy atom. The summed E-state index contributed by atoms with van der Waals surface area (Å²) in [5.74, 6) is 1.56. The van der Waals surface area contributed by atoms with Crippen molar-refractivity contribution < 1.29 is 27.4 Å². The molecule has 0 aromatic heterocycles. The van der Waals surface area contributed by atoms with Gasteiger partial charge >= 0.3 is 0 Å². The molecule has 160 valence electrons. The maximum Gasteiger partial charge on any atom is 0.258 e. The maximum atomic E-state index is 12.7. The topological polar surface area (TPSA) is 94.2 Å². The van der Waals surface area contributed by atoms with E-state index < -0.39 is 10.0 Å². The van der Waals surface area contributed by atoms with E-state index in [-0.39, 0.29) is 24.2 Å². The Morgan fingerprint density at radius 1 is 1.10 bits per heavy atom. The van der Waals surface area contributed by atoms with Gasteiger partial charge in [-0.2, -0.15) is 4.31 Å². The van der Waals surface area contributed by atoms with Gasteiger partial charge < -0.3 is 19.5 Å². The molecule has 2 aliphatic rings. The van der Waals surface area contributed by atoms with Gasteiger partial charge in [0.15, 0.2) is 18.1 Å². The number of hydrogen-bond acceptors (Lipinski definition) is 6. The number of benzene rings is 2. The lowest BCUT2D eigenvalue weighted by atomic mass is 10.2. The molecule has 1 fully saturated rings. The molecule has 2 aliphatic heterocycles. The minimum absolute atomic E-state index is 0.163. The van der Waals surface area contributed by atoms with Crippen LogP contribution in [0.5, 0.6) is 17.2 Å². The Morgan fingerprint density at radius 2 is 1.87 bits per heavy atom. The molecule has 0 spiro atoms. The first-order valence-electron chi connectivity index (χ1n) is 9.82. The predicted octanol–water partition coefficient (Wildman–Crippen LogP) is 2.20. The minimum atomic E-state index is -3.47. The summed E-state index contributed by atoms with van der Waals surface area (Å²) in [4.78, 5) is 12.4. The number of ether oxygens (including phenoxy) is 3. The number of fused-ring (bicyclic) bond motifs is 1. The van der Waals surface area contributed by atoms with Crippen molar-refractivity contribution in [1.82, 2.24) is 9.62 Å². The SMILES string of the molecule is Cc1cc(S(=O)(=O)N2CCCC2)ccc1OCC(=O)NCc1ccc2c(c1)OCO2. The predicted molar refractivity (Wildman–Crippen MR) is 109 cm³/mol. The molecule has 1 N–H and O–H groups in total. The third kappa shape index (κ3) is 4.36. The molecule has 0 bridgehead atoms. The monoisotopic (exact) mass is 432 g/mol. The van der Waals surface area contributed by atoms with E-state index in [4.69, 9.17) is 14.2 Å². The van der Waals surface area contributed by atoms with Gasteiger partial charge in [0.05, 0.1) is 4.90 Å². The van der Waals surface area contributed by atoms with Crippen molar-refractivity contribution in [2.45, 2.75) is 31.2 Å². The van der Waals surface area contributed by atoms with Gasteiger partial charge in [0.2, 0.25) is 16.8 Å². The Hall–Kier alpha value is -2.78. The molecule has 2 aromatic rings. The summed E-state index contributed by atoms with van der Waals surface area (Å²) in [5.41, 5.74) is 1.55.